The van der Waals surface area contributed by atoms with Gasteiger partial charge in [0.2, 0.25) is 0 Å². The van der Waals surface area contributed by atoms with Gasteiger partial charge in [0.15, 0.2) is 0 Å². The number of hydrogen-bond acceptors (Lipinski definition) is 2. The second kappa shape index (κ2) is 4.48. The first kappa shape index (κ1) is 9.55. The van der Waals surface area contributed by atoms with E-state index in [0.717, 1.165) is 12.2 Å². The molecule has 0 fully saturated rings. The van der Waals surface area contributed by atoms with E-state index in [0.29, 0.717) is 5.88 Å². The molecule has 0 N–H and O–H groups in total. The first-order valence-electron chi connectivity index (χ1n) is 3.85. The van der Waals surface area contributed by atoms with Crippen LogP contribution in [0.15, 0.2) is 12.5 Å². The highest BCUT2D eigenvalue weighted by molar-refractivity contribution is 6.16. The summed E-state index contributed by atoms with van der Waals surface area (Å²) in [6.45, 7) is 2.83. The Morgan fingerprint density at radius 2 is 2.50 bits per heavy atom. The van der Waals surface area contributed by atoms with E-state index in [2.05, 4.69) is 4.98 Å². The molecule has 1 aromatic rings. The summed E-state index contributed by atoms with van der Waals surface area (Å²) in [6, 6.07) is 0. The van der Waals surface area contributed by atoms with Crippen LogP contribution in [0, 0.1) is 0 Å². The number of methoxy groups -OCH3 is 1. The third-order valence-electron chi connectivity index (χ3n) is 1.69. The van der Waals surface area contributed by atoms with Gasteiger partial charge in [-0.15, -0.1) is 11.6 Å². The molecule has 68 valence electrons. The van der Waals surface area contributed by atoms with E-state index in [1.807, 2.05) is 17.7 Å². The Kier molecular flexibility index (Phi) is 3.56. The lowest BCUT2D eigenvalue weighted by atomic mass is 10.4. The monoisotopic (exact) mass is 188 g/mol. The third-order valence-corrected chi connectivity index (χ3v) is 1.97. The van der Waals surface area contributed by atoms with Crippen LogP contribution in [0.2, 0.25) is 0 Å². The predicted octanol–water partition coefficient (Wildman–Crippen LogP) is 1.66. The molecule has 1 aromatic heterocycles. The summed E-state index contributed by atoms with van der Waals surface area (Å²) in [7, 11) is 1.70. The van der Waals surface area contributed by atoms with Crippen molar-refractivity contribution in [2.24, 2.45) is 0 Å². The predicted molar refractivity (Wildman–Crippen MR) is 48.3 cm³/mol. The summed E-state index contributed by atoms with van der Waals surface area (Å²) >= 11 is 5.60. The Morgan fingerprint density at radius 1 is 1.75 bits per heavy atom. The van der Waals surface area contributed by atoms with Gasteiger partial charge in [0.25, 0.3) is 0 Å². The number of halogens is 1. The van der Waals surface area contributed by atoms with Gasteiger partial charge in [0, 0.05) is 19.9 Å². The number of aromatic nitrogens is 2. The number of rotatable bonds is 4. The quantitative estimate of drug-likeness (QED) is 0.672. The number of alkyl halides is 1. The van der Waals surface area contributed by atoms with Crippen LogP contribution in [0.25, 0.3) is 0 Å². The molecule has 0 aliphatic heterocycles. The minimum absolute atomic E-state index is 0.211. The molecular weight excluding hydrogens is 176 g/mol. The van der Waals surface area contributed by atoms with Crippen molar-refractivity contribution < 1.29 is 4.74 Å². The van der Waals surface area contributed by atoms with Gasteiger partial charge in [-0.1, -0.05) is 0 Å². The van der Waals surface area contributed by atoms with Crippen LogP contribution in [0.5, 0.6) is 0 Å². The number of imidazole rings is 1. The molecule has 0 saturated carbocycles. The van der Waals surface area contributed by atoms with E-state index in [-0.39, 0.29) is 6.10 Å². The Balaban J connectivity index is 2.52. The van der Waals surface area contributed by atoms with Gasteiger partial charge in [0.05, 0.1) is 24.0 Å². The zero-order valence-corrected chi connectivity index (χ0v) is 8.08. The van der Waals surface area contributed by atoms with Crippen LogP contribution in [0.4, 0.5) is 0 Å². The largest absolute Gasteiger partial charge is 0.380 e. The van der Waals surface area contributed by atoms with Crippen molar-refractivity contribution >= 4 is 11.6 Å². The smallest absolute Gasteiger partial charge is 0.0950 e. The molecule has 3 nitrogen and oxygen atoms in total. The zero-order chi connectivity index (χ0) is 8.97. The minimum atomic E-state index is 0.211. The average molecular weight is 189 g/mol. The molecule has 1 unspecified atom stereocenters. The first-order chi connectivity index (χ1) is 5.76. The summed E-state index contributed by atoms with van der Waals surface area (Å²) in [5.41, 5.74) is 0.903. The first-order valence-corrected chi connectivity index (χ1v) is 4.39. The lowest BCUT2D eigenvalue weighted by molar-refractivity contribution is 0.103. The molecule has 1 heterocycles. The van der Waals surface area contributed by atoms with Crippen LogP contribution in [-0.2, 0) is 17.2 Å². The highest BCUT2D eigenvalue weighted by atomic mass is 35.5. The topological polar surface area (TPSA) is 27.1 Å². The van der Waals surface area contributed by atoms with Crippen molar-refractivity contribution in [3.05, 3.63) is 18.2 Å². The Morgan fingerprint density at radius 3 is 3.00 bits per heavy atom. The second-order valence-corrected chi connectivity index (χ2v) is 3.01. The number of nitrogens with zero attached hydrogens (tertiary/aromatic N) is 2. The van der Waals surface area contributed by atoms with Crippen molar-refractivity contribution in [1.82, 2.24) is 9.55 Å². The summed E-state index contributed by atoms with van der Waals surface area (Å²) in [5.74, 6) is 0.467. The van der Waals surface area contributed by atoms with Gasteiger partial charge in [-0.05, 0) is 6.92 Å². The highest BCUT2D eigenvalue weighted by Gasteiger charge is 2.01. The normalized spacial score (nSPS) is 13.2. The SMILES string of the molecule is COC(C)Cn1cnc(CCl)c1. The minimum Gasteiger partial charge on any atom is -0.380 e. The summed E-state index contributed by atoms with van der Waals surface area (Å²) in [4.78, 5) is 4.10. The summed E-state index contributed by atoms with van der Waals surface area (Å²) < 4.78 is 7.09. The molecule has 0 bridgehead atoms. The van der Waals surface area contributed by atoms with Gasteiger partial charge < -0.3 is 9.30 Å². The van der Waals surface area contributed by atoms with Gasteiger partial charge >= 0.3 is 0 Å². The van der Waals surface area contributed by atoms with Crippen LogP contribution in [0.1, 0.15) is 12.6 Å². The van der Waals surface area contributed by atoms with Crippen molar-refractivity contribution in [1.29, 1.82) is 0 Å². The molecule has 0 aromatic carbocycles. The zero-order valence-electron chi connectivity index (χ0n) is 7.33. The van der Waals surface area contributed by atoms with Crippen LogP contribution < -0.4 is 0 Å². The summed E-state index contributed by atoms with van der Waals surface area (Å²) in [6.07, 6.45) is 3.91. The number of ether oxygens (including phenoxy) is 1. The van der Waals surface area contributed by atoms with Crippen molar-refractivity contribution in [2.75, 3.05) is 7.11 Å². The maximum atomic E-state index is 5.60. The lowest BCUT2D eigenvalue weighted by Crippen LogP contribution is -2.13. The van der Waals surface area contributed by atoms with E-state index in [1.54, 1.807) is 13.4 Å². The van der Waals surface area contributed by atoms with E-state index in [1.165, 1.54) is 0 Å². The molecule has 4 heteroatoms. The molecule has 1 rings (SSSR count). The fourth-order valence-corrected chi connectivity index (χ4v) is 1.08. The van der Waals surface area contributed by atoms with Gasteiger partial charge in [-0.25, -0.2) is 4.98 Å². The molecule has 12 heavy (non-hydrogen) atoms. The average Bonchev–Trinajstić information content (AvgIpc) is 2.52. The molecule has 0 spiro atoms. The maximum Gasteiger partial charge on any atom is 0.0950 e. The van der Waals surface area contributed by atoms with E-state index in [9.17, 15) is 0 Å². The molecular formula is C8H13ClN2O. The van der Waals surface area contributed by atoms with E-state index in [4.69, 9.17) is 16.3 Å². The second-order valence-electron chi connectivity index (χ2n) is 2.74. The summed E-state index contributed by atoms with van der Waals surface area (Å²) in [5, 5.41) is 0. The Hall–Kier alpha value is -0.540. The van der Waals surface area contributed by atoms with Crippen LogP contribution >= 0.6 is 11.6 Å². The highest BCUT2D eigenvalue weighted by Crippen LogP contribution is 2.01. The lowest BCUT2D eigenvalue weighted by Gasteiger charge is -2.08. The van der Waals surface area contributed by atoms with Gasteiger partial charge in [-0.2, -0.15) is 0 Å². The third kappa shape index (κ3) is 2.50. The Labute approximate surface area is 77.3 Å². The van der Waals surface area contributed by atoms with E-state index < -0.39 is 0 Å². The van der Waals surface area contributed by atoms with Crippen molar-refractivity contribution in [2.45, 2.75) is 25.5 Å². The van der Waals surface area contributed by atoms with Crippen molar-refractivity contribution in [3.63, 3.8) is 0 Å². The molecule has 0 aliphatic rings. The standard InChI is InChI=1S/C8H13ClN2O/c1-7(12-2)4-11-5-8(3-9)10-6-11/h5-7H,3-4H2,1-2H3. The Bertz CT molecular complexity index is 237. The van der Waals surface area contributed by atoms with Gasteiger partial charge in [0.1, 0.15) is 0 Å². The molecule has 1 atom stereocenters. The van der Waals surface area contributed by atoms with Gasteiger partial charge in [-0.3, -0.25) is 0 Å². The number of hydrogen-bond donors (Lipinski definition) is 0. The molecule has 0 saturated heterocycles. The van der Waals surface area contributed by atoms with Crippen LogP contribution in [-0.4, -0.2) is 22.8 Å². The molecule has 0 aliphatic carbocycles. The molecule has 0 amide bonds. The van der Waals surface area contributed by atoms with Crippen molar-refractivity contribution in [3.8, 4) is 0 Å². The van der Waals surface area contributed by atoms with Crippen LogP contribution in [0.3, 0.4) is 0 Å². The fraction of sp³-hybridized carbons (Fsp3) is 0.625. The maximum absolute atomic E-state index is 5.60. The van der Waals surface area contributed by atoms with E-state index >= 15 is 0 Å². The fourth-order valence-electron chi connectivity index (χ4n) is 0.947. The molecule has 0 radical (unpaired) electrons.